The quantitative estimate of drug-likeness (QED) is 0.420. The molecule has 1 rings (SSSR count). The maximum Gasteiger partial charge on any atom is 0.167 e. The molecule has 0 aromatic rings. The average molecular weight is 113 g/mol. The Morgan fingerprint density at radius 3 is 3.00 bits per heavy atom. The summed E-state index contributed by atoms with van der Waals surface area (Å²) in [6.45, 7) is 2.19. The van der Waals surface area contributed by atoms with Crippen molar-refractivity contribution in [3.05, 3.63) is 0 Å². The second-order valence-corrected chi connectivity index (χ2v) is 2.31. The molecule has 0 aromatic heterocycles. The Balaban J connectivity index is 2.36. The molecule has 0 spiro atoms. The molecule has 0 atom stereocenters. The van der Waals surface area contributed by atoms with Crippen molar-refractivity contribution in [2.24, 2.45) is 5.11 Å². The van der Waals surface area contributed by atoms with Crippen molar-refractivity contribution in [3.8, 4) is 0 Å². The van der Waals surface area contributed by atoms with Gasteiger partial charge in [0, 0.05) is 6.42 Å². The number of hydrogen-bond acceptors (Lipinski definition) is 1. The van der Waals surface area contributed by atoms with Crippen LogP contribution in [0.3, 0.4) is 0 Å². The number of azo groups is 2. The molecule has 0 amide bonds. The predicted molar refractivity (Wildman–Crippen MR) is 32.2 cm³/mol. The standard InChI is InChI=1S/C6H13N2/c1-8-6-4-2-3-5-7-8/h2-6H2,1H3/q+1. The van der Waals surface area contributed by atoms with E-state index in [1.54, 1.807) is 0 Å². The Morgan fingerprint density at radius 2 is 2.12 bits per heavy atom. The van der Waals surface area contributed by atoms with Crippen LogP contribution in [0, 0.1) is 0 Å². The fourth-order valence-corrected chi connectivity index (χ4v) is 0.941. The van der Waals surface area contributed by atoms with Gasteiger partial charge in [0.25, 0.3) is 0 Å². The summed E-state index contributed by atoms with van der Waals surface area (Å²) in [6, 6.07) is 0. The molecule has 0 unspecified atom stereocenters. The van der Waals surface area contributed by atoms with Crippen LogP contribution in [0.5, 0.6) is 0 Å². The summed E-state index contributed by atoms with van der Waals surface area (Å²) in [7, 11) is 2.05. The summed E-state index contributed by atoms with van der Waals surface area (Å²) >= 11 is 0. The van der Waals surface area contributed by atoms with E-state index in [1.165, 1.54) is 19.3 Å². The molecule has 0 bridgehead atoms. The first-order valence-corrected chi connectivity index (χ1v) is 3.28. The number of nitrogens with zero attached hydrogens (tertiary/aromatic N) is 2. The van der Waals surface area contributed by atoms with Crippen LogP contribution in [-0.2, 0) is 0 Å². The molecule has 1 heterocycles. The van der Waals surface area contributed by atoms with Gasteiger partial charge in [-0.3, -0.25) is 0 Å². The van der Waals surface area contributed by atoms with Crippen LogP contribution in [0.25, 0.3) is 0 Å². The SMILES string of the molecule is C[N+]1=NCCCCC1. The van der Waals surface area contributed by atoms with Crippen molar-refractivity contribution in [1.82, 2.24) is 0 Å². The summed E-state index contributed by atoms with van der Waals surface area (Å²) in [6.07, 6.45) is 3.96. The van der Waals surface area contributed by atoms with Crippen LogP contribution < -0.4 is 0 Å². The number of hydrogen-bond donors (Lipinski definition) is 0. The van der Waals surface area contributed by atoms with Crippen LogP contribution in [0.15, 0.2) is 5.11 Å². The van der Waals surface area contributed by atoms with Gasteiger partial charge >= 0.3 is 0 Å². The van der Waals surface area contributed by atoms with E-state index in [1.807, 2.05) is 11.7 Å². The summed E-state index contributed by atoms with van der Waals surface area (Å²) in [4.78, 5) is 0. The van der Waals surface area contributed by atoms with Crippen LogP contribution in [0.2, 0.25) is 0 Å². The largest absolute Gasteiger partial charge is 0.167 e. The van der Waals surface area contributed by atoms with E-state index in [0.29, 0.717) is 0 Å². The zero-order valence-corrected chi connectivity index (χ0v) is 5.43. The van der Waals surface area contributed by atoms with Gasteiger partial charge in [-0.05, 0) is 18.0 Å². The Hall–Kier alpha value is -0.400. The van der Waals surface area contributed by atoms with Crippen molar-refractivity contribution in [2.75, 3.05) is 20.1 Å². The summed E-state index contributed by atoms with van der Waals surface area (Å²) < 4.78 is 2.05. The third kappa shape index (κ3) is 1.60. The lowest BCUT2D eigenvalue weighted by atomic mass is 10.2. The van der Waals surface area contributed by atoms with Crippen molar-refractivity contribution in [1.29, 1.82) is 0 Å². The maximum absolute atomic E-state index is 4.26. The summed E-state index contributed by atoms with van der Waals surface area (Å²) in [5.41, 5.74) is 0. The lowest BCUT2D eigenvalue weighted by molar-refractivity contribution is -0.565. The molecular formula is C6H13N2+. The van der Waals surface area contributed by atoms with Crippen molar-refractivity contribution < 1.29 is 4.70 Å². The first-order chi connectivity index (χ1) is 3.89. The normalized spacial score (nSPS) is 21.9. The van der Waals surface area contributed by atoms with Crippen molar-refractivity contribution in [3.63, 3.8) is 0 Å². The van der Waals surface area contributed by atoms with Gasteiger partial charge in [-0.15, -0.1) is 4.70 Å². The van der Waals surface area contributed by atoms with Gasteiger partial charge in [0.1, 0.15) is 6.54 Å². The molecule has 46 valence electrons. The topological polar surface area (TPSA) is 15.4 Å². The average Bonchev–Trinajstić information content (AvgIpc) is 1.94. The van der Waals surface area contributed by atoms with Gasteiger partial charge in [-0.2, -0.15) is 0 Å². The second kappa shape index (κ2) is 2.80. The fourth-order valence-electron chi connectivity index (χ4n) is 0.941. The highest BCUT2D eigenvalue weighted by Gasteiger charge is 2.02. The molecule has 1 aliphatic rings. The Kier molecular flexibility index (Phi) is 2.00. The maximum atomic E-state index is 4.26. The molecule has 0 saturated heterocycles. The van der Waals surface area contributed by atoms with Crippen LogP contribution in [0.1, 0.15) is 19.3 Å². The van der Waals surface area contributed by atoms with Gasteiger partial charge in [0.2, 0.25) is 0 Å². The molecule has 1 aliphatic heterocycles. The fraction of sp³-hybridized carbons (Fsp3) is 1.00. The van der Waals surface area contributed by atoms with Crippen molar-refractivity contribution >= 4 is 0 Å². The van der Waals surface area contributed by atoms with Gasteiger partial charge in [-0.1, -0.05) is 0 Å². The highest BCUT2D eigenvalue weighted by Crippen LogP contribution is 1.99. The van der Waals surface area contributed by atoms with E-state index in [9.17, 15) is 0 Å². The Morgan fingerprint density at radius 1 is 1.25 bits per heavy atom. The number of rotatable bonds is 0. The van der Waals surface area contributed by atoms with E-state index in [0.717, 1.165) is 13.1 Å². The van der Waals surface area contributed by atoms with Crippen LogP contribution in [-0.4, -0.2) is 24.8 Å². The first-order valence-electron chi connectivity index (χ1n) is 3.28. The smallest absolute Gasteiger partial charge is 0.130 e. The molecule has 0 radical (unpaired) electrons. The minimum absolute atomic E-state index is 1.04. The lowest BCUT2D eigenvalue weighted by Crippen LogP contribution is -2.01. The minimum atomic E-state index is 1.04. The molecule has 8 heavy (non-hydrogen) atoms. The zero-order valence-electron chi connectivity index (χ0n) is 5.43. The summed E-state index contributed by atoms with van der Waals surface area (Å²) in [5, 5.41) is 4.26. The van der Waals surface area contributed by atoms with Crippen LogP contribution in [0.4, 0.5) is 0 Å². The second-order valence-electron chi connectivity index (χ2n) is 2.31. The molecule has 0 aromatic carbocycles. The van der Waals surface area contributed by atoms with E-state index in [-0.39, 0.29) is 0 Å². The first kappa shape index (κ1) is 5.73. The molecule has 2 nitrogen and oxygen atoms in total. The molecule has 0 fully saturated rings. The predicted octanol–water partition coefficient (Wildman–Crippen LogP) is 1.26. The third-order valence-corrected chi connectivity index (χ3v) is 1.48. The van der Waals surface area contributed by atoms with Gasteiger partial charge in [0.15, 0.2) is 13.6 Å². The molecular weight excluding hydrogens is 100 g/mol. The van der Waals surface area contributed by atoms with Gasteiger partial charge in [0.05, 0.1) is 0 Å². The van der Waals surface area contributed by atoms with Crippen molar-refractivity contribution in [2.45, 2.75) is 19.3 Å². The highest BCUT2D eigenvalue weighted by atomic mass is 15.2. The Bertz CT molecular complexity index is 96.7. The third-order valence-electron chi connectivity index (χ3n) is 1.48. The zero-order chi connectivity index (χ0) is 5.82. The summed E-state index contributed by atoms with van der Waals surface area (Å²) in [5.74, 6) is 0. The lowest BCUT2D eigenvalue weighted by Gasteiger charge is -1.84. The monoisotopic (exact) mass is 113 g/mol. The molecule has 2 heteroatoms. The Labute approximate surface area is 50.2 Å². The molecule has 0 N–H and O–H groups in total. The minimum Gasteiger partial charge on any atom is -0.130 e. The van der Waals surface area contributed by atoms with Gasteiger partial charge in [-0.25, -0.2) is 0 Å². The van der Waals surface area contributed by atoms with Gasteiger partial charge < -0.3 is 0 Å². The highest BCUT2D eigenvalue weighted by molar-refractivity contribution is 4.43. The molecule has 0 saturated carbocycles. The van der Waals surface area contributed by atoms with E-state index >= 15 is 0 Å². The van der Waals surface area contributed by atoms with E-state index < -0.39 is 0 Å². The molecule has 0 aliphatic carbocycles. The van der Waals surface area contributed by atoms with E-state index in [4.69, 9.17) is 0 Å². The van der Waals surface area contributed by atoms with E-state index in [2.05, 4.69) is 5.11 Å². The van der Waals surface area contributed by atoms with Crippen LogP contribution >= 0.6 is 0 Å².